The lowest BCUT2D eigenvalue weighted by Crippen LogP contribution is -2.15. The molecular weight excluding hydrogens is 267 g/mol. The minimum atomic E-state index is -0.119. The first-order valence-electron chi connectivity index (χ1n) is 4.09. The number of hydrogen-bond donors (Lipinski definition) is 3. The molecule has 0 heterocycles. The molecule has 5 heteroatoms. The van der Waals surface area contributed by atoms with Crippen LogP contribution in [0.15, 0.2) is 22.7 Å². The molecule has 0 aliphatic carbocycles. The van der Waals surface area contributed by atoms with Crippen LogP contribution in [0.25, 0.3) is 0 Å². The van der Waals surface area contributed by atoms with E-state index in [0.29, 0.717) is 13.0 Å². The van der Waals surface area contributed by atoms with Crippen LogP contribution in [0.3, 0.4) is 0 Å². The summed E-state index contributed by atoms with van der Waals surface area (Å²) in [5.74, 6) is 0.227. The average molecular weight is 282 g/mol. The van der Waals surface area contributed by atoms with E-state index in [1.165, 1.54) is 0 Å². The van der Waals surface area contributed by atoms with E-state index in [9.17, 15) is 5.11 Å². The monoisotopic (exact) mass is 280 g/mol. The van der Waals surface area contributed by atoms with Crippen LogP contribution in [0.1, 0.15) is 18.0 Å². The molecule has 0 radical (unpaired) electrons. The van der Waals surface area contributed by atoms with Crippen molar-refractivity contribution in [3.05, 3.63) is 28.2 Å². The third kappa shape index (κ3) is 3.46. The van der Waals surface area contributed by atoms with Crippen molar-refractivity contribution in [3.8, 4) is 5.75 Å². The highest BCUT2D eigenvalue weighted by Gasteiger charge is 2.09. The first kappa shape index (κ1) is 13.7. The fraction of sp³-hybridized carbons (Fsp3) is 0.333. The topological polar surface area (TPSA) is 72.3 Å². The summed E-state index contributed by atoms with van der Waals surface area (Å²) < 4.78 is 0.909. The smallest absolute Gasteiger partial charge is 0.115 e. The van der Waals surface area contributed by atoms with Crippen LogP contribution < -0.4 is 11.5 Å². The second-order valence-electron chi connectivity index (χ2n) is 2.89. The van der Waals surface area contributed by atoms with Crippen molar-refractivity contribution in [2.75, 3.05) is 6.54 Å². The van der Waals surface area contributed by atoms with Crippen LogP contribution >= 0.6 is 28.3 Å². The van der Waals surface area contributed by atoms with Crippen molar-refractivity contribution in [1.82, 2.24) is 0 Å². The summed E-state index contributed by atoms with van der Waals surface area (Å²) >= 11 is 3.37. The predicted octanol–water partition coefficient (Wildman–Crippen LogP) is 1.93. The van der Waals surface area contributed by atoms with Gasteiger partial charge >= 0.3 is 0 Å². The highest BCUT2D eigenvalue weighted by molar-refractivity contribution is 9.10. The minimum Gasteiger partial charge on any atom is -0.508 e. The van der Waals surface area contributed by atoms with Gasteiger partial charge in [0.05, 0.1) is 0 Å². The number of phenolic OH excluding ortho intramolecular Hbond substituents is 1. The fourth-order valence-electron chi connectivity index (χ4n) is 1.15. The maximum atomic E-state index is 9.25. The molecule has 0 saturated carbocycles. The number of benzene rings is 1. The third-order valence-electron chi connectivity index (χ3n) is 1.86. The molecule has 0 amide bonds. The number of aromatic hydroxyl groups is 1. The Kier molecular flexibility index (Phi) is 6.11. The second kappa shape index (κ2) is 6.24. The Balaban J connectivity index is 0.00000169. The highest BCUT2D eigenvalue weighted by Crippen LogP contribution is 2.27. The van der Waals surface area contributed by atoms with E-state index < -0.39 is 0 Å². The fourth-order valence-corrected chi connectivity index (χ4v) is 1.69. The molecule has 0 aromatic heterocycles. The van der Waals surface area contributed by atoms with Gasteiger partial charge in [0.2, 0.25) is 0 Å². The van der Waals surface area contributed by atoms with Crippen LogP contribution in [0, 0.1) is 0 Å². The van der Waals surface area contributed by atoms with E-state index in [2.05, 4.69) is 15.9 Å². The first-order valence-corrected chi connectivity index (χ1v) is 4.88. The average Bonchev–Trinajstić information content (AvgIpc) is 2.09. The van der Waals surface area contributed by atoms with Gasteiger partial charge in [-0.15, -0.1) is 12.4 Å². The quantitative estimate of drug-likeness (QED) is 0.792. The second-order valence-corrected chi connectivity index (χ2v) is 3.74. The lowest BCUT2D eigenvalue weighted by atomic mass is 10.0. The standard InChI is InChI=1S/C9H13BrN2O.ClH/c10-8-2-1-6(13)5-7(8)9(12)3-4-11;/h1-2,5,9,13H,3-4,11-12H2;1H/t9-;/m1./s1. The molecule has 1 rings (SSSR count). The molecule has 0 spiro atoms. The van der Waals surface area contributed by atoms with Crippen LogP contribution in [0.2, 0.25) is 0 Å². The van der Waals surface area contributed by atoms with E-state index in [0.717, 1.165) is 10.0 Å². The molecule has 0 aliphatic rings. The van der Waals surface area contributed by atoms with Crippen LogP contribution in [0.5, 0.6) is 5.75 Å². The number of hydrogen-bond acceptors (Lipinski definition) is 3. The summed E-state index contributed by atoms with van der Waals surface area (Å²) in [7, 11) is 0. The molecule has 0 saturated heterocycles. The van der Waals surface area contributed by atoms with E-state index in [-0.39, 0.29) is 24.2 Å². The summed E-state index contributed by atoms with van der Waals surface area (Å²) in [6.45, 7) is 0.545. The molecular formula is C9H14BrClN2O. The van der Waals surface area contributed by atoms with Gasteiger partial charge in [-0.05, 0) is 36.7 Å². The van der Waals surface area contributed by atoms with Gasteiger partial charge in [0.1, 0.15) is 5.75 Å². The van der Waals surface area contributed by atoms with E-state index >= 15 is 0 Å². The zero-order chi connectivity index (χ0) is 9.84. The van der Waals surface area contributed by atoms with E-state index in [4.69, 9.17) is 11.5 Å². The summed E-state index contributed by atoms with van der Waals surface area (Å²) in [6, 6.07) is 4.93. The van der Waals surface area contributed by atoms with Gasteiger partial charge in [-0.3, -0.25) is 0 Å². The predicted molar refractivity (Wildman–Crippen MR) is 63.7 cm³/mol. The normalized spacial score (nSPS) is 11.9. The van der Waals surface area contributed by atoms with Gasteiger partial charge < -0.3 is 16.6 Å². The molecule has 1 aromatic carbocycles. The zero-order valence-electron chi connectivity index (χ0n) is 7.61. The molecule has 14 heavy (non-hydrogen) atoms. The van der Waals surface area contributed by atoms with Gasteiger partial charge in [-0.1, -0.05) is 15.9 Å². The Labute approximate surface area is 98.0 Å². The van der Waals surface area contributed by atoms with E-state index in [1.807, 2.05) is 0 Å². The number of halogens is 2. The minimum absolute atomic E-state index is 0. The highest BCUT2D eigenvalue weighted by atomic mass is 79.9. The van der Waals surface area contributed by atoms with Gasteiger partial charge in [-0.2, -0.15) is 0 Å². The lowest BCUT2D eigenvalue weighted by Gasteiger charge is -2.12. The molecule has 80 valence electrons. The van der Waals surface area contributed by atoms with E-state index in [1.54, 1.807) is 18.2 Å². The molecule has 0 bridgehead atoms. The van der Waals surface area contributed by atoms with Crippen LogP contribution in [-0.4, -0.2) is 11.7 Å². The van der Waals surface area contributed by atoms with Crippen molar-refractivity contribution in [2.45, 2.75) is 12.5 Å². The Morgan fingerprint density at radius 3 is 2.64 bits per heavy atom. The number of phenols is 1. The summed E-state index contributed by atoms with van der Waals surface area (Å²) in [6.07, 6.45) is 0.710. The summed E-state index contributed by atoms with van der Waals surface area (Å²) in [4.78, 5) is 0. The Bertz CT molecular complexity index is 296. The third-order valence-corrected chi connectivity index (χ3v) is 2.58. The molecule has 3 nitrogen and oxygen atoms in total. The molecule has 5 N–H and O–H groups in total. The largest absolute Gasteiger partial charge is 0.508 e. The molecule has 0 fully saturated rings. The van der Waals surface area contributed by atoms with Crippen molar-refractivity contribution < 1.29 is 5.11 Å². The number of nitrogens with two attached hydrogens (primary N) is 2. The molecule has 0 aliphatic heterocycles. The maximum Gasteiger partial charge on any atom is 0.115 e. The van der Waals surface area contributed by atoms with Gasteiger partial charge in [0.25, 0.3) is 0 Å². The van der Waals surface area contributed by atoms with Gasteiger partial charge in [-0.25, -0.2) is 0 Å². The molecule has 0 unspecified atom stereocenters. The van der Waals surface area contributed by atoms with Crippen molar-refractivity contribution in [3.63, 3.8) is 0 Å². The summed E-state index contributed by atoms with van der Waals surface area (Å²) in [5.41, 5.74) is 12.1. The van der Waals surface area contributed by atoms with Crippen LogP contribution in [-0.2, 0) is 0 Å². The summed E-state index contributed by atoms with van der Waals surface area (Å²) in [5, 5.41) is 9.25. The molecule has 1 aromatic rings. The van der Waals surface area contributed by atoms with Crippen molar-refractivity contribution in [2.24, 2.45) is 11.5 Å². The Morgan fingerprint density at radius 2 is 2.07 bits per heavy atom. The molecule has 1 atom stereocenters. The van der Waals surface area contributed by atoms with Crippen molar-refractivity contribution in [1.29, 1.82) is 0 Å². The zero-order valence-corrected chi connectivity index (χ0v) is 10.0. The SMILES string of the molecule is Cl.NCC[C@@H](N)c1cc(O)ccc1Br. The van der Waals surface area contributed by atoms with Gasteiger partial charge in [0.15, 0.2) is 0 Å². The first-order chi connectivity index (χ1) is 6.15. The maximum absolute atomic E-state index is 9.25. The van der Waals surface area contributed by atoms with Crippen LogP contribution in [0.4, 0.5) is 0 Å². The Hall–Kier alpha value is -0.290. The Morgan fingerprint density at radius 1 is 1.43 bits per heavy atom. The van der Waals surface area contributed by atoms with Gasteiger partial charge in [0, 0.05) is 10.5 Å². The number of rotatable bonds is 3. The van der Waals surface area contributed by atoms with Crippen molar-refractivity contribution >= 4 is 28.3 Å². The lowest BCUT2D eigenvalue weighted by molar-refractivity contribution is 0.473.